The van der Waals surface area contributed by atoms with Crippen molar-refractivity contribution < 1.29 is 4.74 Å². The smallest absolute Gasteiger partial charge is 0.144 e. The van der Waals surface area contributed by atoms with Crippen molar-refractivity contribution in [2.45, 2.75) is 39.2 Å². The third kappa shape index (κ3) is 2.90. The predicted molar refractivity (Wildman–Crippen MR) is 71.2 cm³/mol. The second-order valence-electron chi connectivity index (χ2n) is 4.74. The zero-order chi connectivity index (χ0) is 12.5. The molecule has 0 amide bonds. The van der Waals surface area contributed by atoms with Crippen molar-refractivity contribution >= 4 is 28.1 Å². The van der Waals surface area contributed by atoms with Gasteiger partial charge in [0.05, 0.1) is 4.47 Å². The molecule has 0 spiro atoms. The maximum atomic E-state index is 5.24. The Balaban J connectivity index is 3.40. The lowest BCUT2D eigenvalue weighted by atomic mass is 9.92. The molecule has 0 fully saturated rings. The minimum atomic E-state index is -0.0871. The van der Waals surface area contributed by atoms with Gasteiger partial charge in [-0.1, -0.05) is 33.0 Å². The number of nitrogens with one attached hydrogen (secondary N) is 1. The van der Waals surface area contributed by atoms with Crippen molar-refractivity contribution in [1.82, 2.24) is 9.97 Å². The molecule has 0 aliphatic rings. The number of hydrogen-bond donors (Lipinski definition) is 1. The number of hydrogen-bond acceptors (Lipinski definition) is 3. The van der Waals surface area contributed by atoms with E-state index in [9.17, 15) is 0 Å². The van der Waals surface area contributed by atoms with Crippen molar-refractivity contribution in [2.24, 2.45) is 0 Å². The van der Waals surface area contributed by atoms with Gasteiger partial charge in [0.25, 0.3) is 0 Å². The summed E-state index contributed by atoms with van der Waals surface area (Å²) in [5, 5.41) is 0. The molecule has 0 aromatic carbocycles. The summed E-state index contributed by atoms with van der Waals surface area (Å²) < 4.78 is 6.68. The molecule has 1 N–H and O–H groups in total. The summed E-state index contributed by atoms with van der Waals surface area (Å²) in [5.41, 5.74) is 1.03. The molecule has 1 rings (SSSR count). The number of ether oxygens (including phenoxy) is 1. The minimum absolute atomic E-state index is 0.0163. The Bertz CT molecular complexity index is 437. The Labute approximate surface area is 110 Å². The van der Waals surface area contributed by atoms with Gasteiger partial charge in [-0.2, -0.15) is 0 Å². The maximum Gasteiger partial charge on any atom is 0.144 e. The Morgan fingerprint density at radius 2 is 2.00 bits per heavy atom. The molecule has 0 saturated heterocycles. The van der Waals surface area contributed by atoms with Crippen LogP contribution in [0.3, 0.4) is 0 Å². The predicted octanol–water partition coefficient (Wildman–Crippen LogP) is 3.91. The highest BCUT2D eigenvalue weighted by Gasteiger charge is 2.21. The van der Waals surface area contributed by atoms with E-state index < -0.39 is 0 Å². The Kier molecular flexibility index (Phi) is 4.26. The number of rotatable bonds is 2. The molecule has 90 valence electrons. The van der Waals surface area contributed by atoms with Gasteiger partial charge in [-0.3, -0.25) is 0 Å². The van der Waals surface area contributed by atoms with Crippen LogP contribution in [0.4, 0.5) is 0 Å². The fourth-order valence-electron chi connectivity index (χ4n) is 1.30. The van der Waals surface area contributed by atoms with Gasteiger partial charge in [-0.15, -0.1) is 0 Å². The first-order valence-corrected chi connectivity index (χ1v) is 6.30. The molecule has 0 aliphatic carbocycles. The highest BCUT2D eigenvalue weighted by Crippen LogP contribution is 2.29. The van der Waals surface area contributed by atoms with E-state index >= 15 is 0 Å². The van der Waals surface area contributed by atoms with Crippen molar-refractivity contribution in [2.75, 3.05) is 7.11 Å². The highest BCUT2D eigenvalue weighted by atomic mass is 79.9. The molecule has 5 heteroatoms. The van der Waals surface area contributed by atoms with E-state index in [2.05, 4.69) is 46.7 Å². The summed E-state index contributed by atoms with van der Waals surface area (Å²) in [4.78, 5) is 7.60. The van der Waals surface area contributed by atoms with Crippen molar-refractivity contribution in [1.29, 1.82) is 0 Å². The molecule has 3 nitrogen and oxygen atoms in total. The van der Waals surface area contributed by atoms with Crippen LogP contribution in [0.15, 0.2) is 4.47 Å². The summed E-state index contributed by atoms with van der Waals surface area (Å²) in [6, 6.07) is 0. The molecular formula is C11H17BrN2OS. The monoisotopic (exact) mass is 304 g/mol. The zero-order valence-electron chi connectivity index (χ0n) is 10.2. The fraction of sp³-hybridized carbons (Fsp3) is 0.636. The molecule has 0 aliphatic heterocycles. The maximum absolute atomic E-state index is 5.24. The van der Waals surface area contributed by atoms with Gasteiger partial charge in [0.2, 0.25) is 0 Å². The van der Waals surface area contributed by atoms with Crippen molar-refractivity contribution in [3.8, 4) is 0 Å². The molecule has 1 atom stereocenters. The number of H-pyrrole nitrogens is 1. The summed E-state index contributed by atoms with van der Waals surface area (Å²) in [6.07, 6.45) is -0.0871. The third-order valence-corrected chi connectivity index (χ3v) is 3.70. The first-order chi connectivity index (χ1) is 7.27. The van der Waals surface area contributed by atoms with E-state index in [0.717, 1.165) is 16.0 Å². The second-order valence-corrected chi connectivity index (χ2v) is 5.92. The van der Waals surface area contributed by atoms with Gasteiger partial charge in [0.1, 0.15) is 16.6 Å². The van der Waals surface area contributed by atoms with Crippen molar-refractivity contribution in [3.63, 3.8) is 0 Å². The summed E-state index contributed by atoms with van der Waals surface area (Å²) >= 11 is 8.71. The number of methoxy groups -OCH3 is 1. The van der Waals surface area contributed by atoms with E-state index in [-0.39, 0.29) is 11.5 Å². The Morgan fingerprint density at radius 1 is 1.44 bits per heavy atom. The Hall–Kier alpha value is -0.260. The normalized spacial score (nSPS) is 13.9. The molecule has 0 radical (unpaired) electrons. The molecule has 1 unspecified atom stereocenters. The SMILES string of the molecule is COC(C)c1nc(=S)c(Br)c(C(C)(C)C)[nH]1. The lowest BCUT2D eigenvalue weighted by molar-refractivity contribution is 0.111. The summed E-state index contributed by atoms with van der Waals surface area (Å²) in [7, 11) is 1.65. The van der Waals surface area contributed by atoms with Crippen LogP contribution < -0.4 is 0 Å². The van der Waals surface area contributed by atoms with Crippen LogP contribution in [-0.2, 0) is 10.2 Å². The minimum Gasteiger partial charge on any atom is -0.374 e. The summed E-state index contributed by atoms with van der Waals surface area (Å²) in [6.45, 7) is 8.31. The molecule has 1 aromatic rings. The van der Waals surface area contributed by atoms with E-state index in [4.69, 9.17) is 17.0 Å². The molecule has 0 bridgehead atoms. The lowest BCUT2D eigenvalue weighted by Gasteiger charge is -2.22. The van der Waals surface area contributed by atoms with E-state index in [1.807, 2.05) is 6.92 Å². The standard InChI is InChI=1S/C11H17BrN2OS/c1-6(15-5)9-13-8(11(2,3)4)7(12)10(16)14-9/h6H,1-5H3,(H,13,14,16). The second kappa shape index (κ2) is 4.94. The lowest BCUT2D eigenvalue weighted by Crippen LogP contribution is -2.18. The molecule has 0 saturated carbocycles. The molecular weight excluding hydrogens is 288 g/mol. The molecule has 1 heterocycles. The van der Waals surface area contributed by atoms with Crippen LogP contribution in [0.1, 0.15) is 45.3 Å². The zero-order valence-corrected chi connectivity index (χ0v) is 12.6. The van der Waals surface area contributed by atoms with Crippen LogP contribution in [0.5, 0.6) is 0 Å². The topological polar surface area (TPSA) is 37.9 Å². The number of aromatic amines is 1. The van der Waals surface area contributed by atoms with E-state index in [1.165, 1.54) is 0 Å². The average Bonchev–Trinajstić information content (AvgIpc) is 2.18. The van der Waals surface area contributed by atoms with Crippen LogP contribution in [0, 0.1) is 4.64 Å². The van der Waals surface area contributed by atoms with Gasteiger partial charge in [0, 0.05) is 18.2 Å². The average molecular weight is 305 g/mol. The van der Waals surface area contributed by atoms with Gasteiger partial charge in [-0.25, -0.2) is 4.98 Å². The van der Waals surface area contributed by atoms with Gasteiger partial charge >= 0.3 is 0 Å². The van der Waals surface area contributed by atoms with Gasteiger partial charge in [-0.05, 0) is 22.9 Å². The number of halogens is 1. The third-order valence-electron chi connectivity index (χ3n) is 2.37. The van der Waals surface area contributed by atoms with Gasteiger partial charge < -0.3 is 9.72 Å². The van der Waals surface area contributed by atoms with Crippen LogP contribution in [0.2, 0.25) is 0 Å². The number of nitrogens with zero attached hydrogens (tertiary/aromatic N) is 1. The summed E-state index contributed by atoms with van der Waals surface area (Å²) in [5.74, 6) is 0.764. The fourth-order valence-corrected chi connectivity index (χ4v) is 2.28. The first kappa shape index (κ1) is 13.8. The molecule has 1 aromatic heterocycles. The first-order valence-electron chi connectivity index (χ1n) is 5.10. The largest absolute Gasteiger partial charge is 0.374 e. The van der Waals surface area contributed by atoms with Gasteiger partial charge in [0.15, 0.2) is 0 Å². The van der Waals surface area contributed by atoms with Crippen LogP contribution in [0.25, 0.3) is 0 Å². The molecule has 16 heavy (non-hydrogen) atoms. The van der Waals surface area contributed by atoms with Crippen LogP contribution >= 0.6 is 28.1 Å². The van der Waals surface area contributed by atoms with Crippen LogP contribution in [-0.4, -0.2) is 17.1 Å². The van der Waals surface area contributed by atoms with Crippen molar-refractivity contribution in [3.05, 3.63) is 20.6 Å². The number of aromatic nitrogens is 2. The quantitative estimate of drug-likeness (QED) is 0.842. The van der Waals surface area contributed by atoms with E-state index in [0.29, 0.717) is 4.64 Å². The van der Waals surface area contributed by atoms with E-state index in [1.54, 1.807) is 7.11 Å². The Morgan fingerprint density at radius 3 is 2.44 bits per heavy atom. The highest BCUT2D eigenvalue weighted by molar-refractivity contribution is 9.10.